The first-order chi connectivity index (χ1) is 9.65. The first-order valence-corrected chi connectivity index (χ1v) is 7.07. The van der Waals surface area contributed by atoms with Gasteiger partial charge >= 0.3 is 0 Å². The van der Waals surface area contributed by atoms with E-state index in [0.29, 0.717) is 23.1 Å². The minimum atomic E-state index is 0.522. The molecule has 0 aliphatic rings. The van der Waals surface area contributed by atoms with Crippen molar-refractivity contribution in [3.63, 3.8) is 0 Å². The van der Waals surface area contributed by atoms with Crippen molar-refractivity contribution in [1.82, 2.24) is 4.98 Å². The van der Waals surface area contributed by atoms with Crippen molar-refractivity contribution in [3.8, 4) is 11.5 Å². The summed E-state index contributed by atoms with van der Waals surface area (Å²) in [5.74, 6) is 1.16. The number of pyridine rings is 1. The molecule has 0 radical (unpaired) electrons. The van der Waals surface area contributed by atoms with Crippen LogP contribution in [0.5, 0.6) is 11.5 Å². The Kier molecular flexibility index (Phi) is 5.09. The standard InChI is InChI=1S/C14H14BrClN2O2/c1-19-12-7-9(6-10(16)13(12)20-2)8-18-11-4-3-5-17-14(11)15/h3-7,18H,8H2,1-2H3. The van der Waals surface area contributed by atoms with Crippen LogP contribution in [-0.2, 0) is 6.54 Å². The van der Waals surface area contributed by atoms with E-state index in [9.17, 15) is 0 Å². The second kappa shape index (κ2) is 6.81. The maximum Gasteiger partial charge on any atom is 0.179 e. The molecule has 1 heterocycles. The molecule has 0 saturated heterocycles. The molecule has 0 fully saturated rings. The highest BCUT2D eigenvalue weighted by Crippen LogP contribution is 2.36. The van der Waals surface area contributed by atoms with E-state index in [-0.39, 0.29) is 0 Å². The number of rotatable bonds is 5. The Hall–Kier alpha value is -1.46. The zero-order valence-corrected chi connectivity index (χ0v) is 13.5. The molecule has 0 aliphatic carbocycles. The monoisotopic (exact) mass is 356 g/mol. The zero-order valence-electron chi connectivity index (χ0n) is 11.1. The van der Waals surface area contributed by atoms with E-state index in [4.69, 9.17) is 21.1 Å². The third-order valence-electron chi connectivity index (χ3n) is 2.74. The van der Waals surface area contributed by atoms with Crippen LogP contribution in [0.1, 0.15) is 5.56 Å². The number of hydrogen-bond acceptors (Lipinski definition) is 4. The molecule has 2 rings (SSSR count). The van der Waals surface area contributed by atoms with Gasteiger partial charge in [-0.25, -0.2) is 4.98 Å². The van der Waals surface area contributed by atoms with Gasteiger partial charge in [0.25, 0.3) is 0 Å². The molecule has 0 aliphatic heterocycles. The summed E-state index contributed by atoms with van der Waals surface area (Å²) in [5, 5.41) is 3.80. The van der Waals surface area contributed by atoms with Gasteiger partial charge in [0.2, 0.25) is 0 Å². The summed E-state index contributed by atoms with van der Waals surface area (Å²) in [6.07, 6.45) is 1.72. The normalized spacial score (nSPS) is 10.2. The summed E-state index contributed by atoms with van der Waals surface area (Å²) in [7, 11) is 3.15. The van der Waals surface area contributed by atoms with Gasteiger partial charge in [-0.3, -0.25) is 0 Å². The van der Waals surface area contributed by atoms with E-state index < -0.39 is 0 Å². The number of ether oxygens (including phenoxy) is 2. The number of hydrogen-bond donors (Lipinski definition) is 1. The van der Waals surface area contributed by atoms with Crippen molar-refractivity contribution in [2.24, 2.45) is 0 Å². The molecule has 1 N–H and O–H groups in total. The molecule has 2 aromatic rings. The van der Waals surface area contributed by atoms with Gasteiger partial charge in [-0.05, 0) is 45.8 Å². The molecule has 0 spiro atoms. The lowest BCUT2D eigenvalue weighted by Crippen LogP contribution is -2.02. The van der Waals surface area contributed by atoms with Crippen molar-refractivity contribution in [1.29, 1.82) is 0 Å². The predicted octanol–water partition coefficient (Wildman–Crippen LogP) is 4.13. The highest BCUT2D eigenvalue weighted by molar-refractivity contribution is 9.10. The van der Waals surface area contributed by atoms with Gasteiger partial charge in [0, 0.05) is 12.7 Å². The van der Waals surface area contributed by atoms with Crippen LogP contribution in [0.15, 0.2) is 35.1 Å². The van der Waals surface area contributed by atoms with E-state index in [1.165, 1.54) is 0 Å². The first kappa shape index (κ1) is 14.9. The van der Waals surface area contributed by atoms with Gasteiger partial charge in [-0.15, -0.1) is 0 Å². The lowest BCUT2D eigenvalue weighted by molar-refractivity contribution is 0.355. The van der Waals surface area contributed by atoms with Gasteiger partial charge < -0.3 is 14.8 Å². The second-order valence-corrected chi connectivity index (χ2v) is 5.17. The van der Waals surface area contributed by atoms with Crippen LogP contribution in [0.4, 0.5) is 5.69 Å². The average molecular weight is 358 g/mol. The Bertz CT molecular complexity index is 608. The molecule has 0 bridgehead atoms. The minimum Gasteiger partial charge on any atom is -0.493 e. The summed E-state index contributed by atoms with van der Waals surface area (Å²) in [5.41, 5.74) is 1.90. The second-order valence-electron chi connectivity index (χ2n) is 4.01. The molecule has 106 valence electrons. The molecular formula is C14H14BrClN2O2. The lowest BCUT2D eigenvalue weighted by Gasteiger charge is -2.13. The Morgan fingerprint density at radius 1 is 1.30 bits per heavy atom. The number of halogens is 2. The summed E-state index contributed by atoms with van der Waals surface area (Å²) in [6, 6.07) is 7.55. The van der Waals surface area contributed by atoms with E-state index in [1.807, 2.05) is 24.3 Å². The van der Waals surface area contributed by atoms with E-state index in [2.05, 4.69) is 26.2 Å². The van der Waals surface area contributed by atoms with E-state index in [0.717, 1.165) is 15.9 Å². The Morgan fingerprint density at radius 3 is 2.75 bits per heavy atom. The van der Waals surface area contributed by atoms with Gasteiger partial charge in [0.15, 0.2) is 11.5 Å². The highest BCUT2D eigenvalue weighted by atomic mass is 79.9. The van der Waals surface area contributed by atoms with Crippen LogP contribution in [0.2, 0.25) is 5.02 Å². The smallest absolute Gasteiger partial charge is 0.179 e. The molecule has 0 amide bonds. The third kappa shape index (κ3) is 3.35. The summed E-state index contributed by atoms with van der Waals surface area (Å²) in [4.78, 5) is 4.15. The summed E-state index contributed by atoms with van der Waals surface area (Å²) >= 11 is 9.56. The van der Waals surface area contributed by atoms with Crippen molar-refractivity contribution < 1.29 is 9.47 Å². The van der Waals surface area contributed by atoms with E-state index in [1.54, 1.807) is 20.4 Å². The van der Waals surface area contributed by atoms with Crippen LogP contribution in [0.25, 0.3) is 0 Å². The van der Waals surface area contributed by atoms with Crippen molar-refractivity contribution in [2.45, 2.75) is 6.54 Å². The molecule has 0 atom stereocenters. The number of methoxy groups -OCH3 is 2. The van der Waals surface area contributed by atoms with Gasteiger partial charge in [0.05, 0.1) is 24.9 Å². The Morgan fingerprint density at radius 2 is 2.10 bits per heavy atom. The van der Waals surface area contributed by atoms with Crippen LogP contribution in [0.3, 0.4) is 0 Å². The van der Waals surface area contributed by atoms with Crippen LogP contribution in [-0.4, -0.2) is 19.2 Å². The van der Waals surface area contributed by atoms with Gasteiger partial charge in [0.1, 0.15) is 4.60 Å². The fourth-order valence-corrected chi connectivity index (χ4v) is 2.49. The molecule has 0 unspecified atom stereocenters. The van der Waals surface area contributed by atoms with Crippen LogP contribution >= 0.6 is 27.5 Å². The fraction of sp³-hybridized carbons (Fsp3) is 0.214. The Balaban J connectivity index is 2.18. The highest BCUT2D eigenvalue weighted by Gasteiger charge is 2.11. The molecule has 0 saturated carbocycles. The summed E-state index contributed by atoms with van der Waals surface area (Å²) < 4.78 is 11.3. The fourth-order valence-electron chi connectivity index (χ4n) is 1.79. The third-order valence-corrected chi connectivity index (χ3v) is 3.65. The number of nitrogens with one attached hydrogen (secondary N) is 1. The lowest BCUT2D eigenvalue weighted by atomic mass is 10.2. The largest absolute Gasteiger partial charge is 0.493 e. The predicted molar refractivity (Wildman–Crippen MR) is 83.8 cm³/mol. The van der Waals surface area contributed by atoms with Crippen molar-refractivity contribution in [3.05, 3.63) is 45.7 Å². The maximum atomic E-state index is 6.17. The maximum absolute atomic E-state index is 6.17. The number of benzene rings is 1. The molecular weight excluding hydrogens is 344 g/mol. The molecule has 1 aromatic heterocycles. The topological polar surface area (TPSA) is 43.4 Å². The SMILES string of the molecule is COc1cc(CNc2cccnc2Br)cc(Cl)c1OC. The van der Waals surface area contributed by atoms with Crippen LogP contribution in [0, 0.1) is 0 Å². The van der Waals surface area contributed by atoms with Crippen LogP contribution < -0.4 is 14.8 Å². The van der Waals surface area contributed by atoms with Gasteiger partial charge in [-0.2, -0.15) is 0 Å². The molecule has 4 nitrogen and oxygen atoms in total. The molecule has 20 heavy (non-hydrogen) atoms. The summed E-state index contributed by atoms with van der Waals surface area (Å²) in [6.45, 7) is 0.602. The van der Waals surface area contributed by atoms with Gasteiger partial charge in [-0.1, -0.05) is 11.6 Å². The van der Waals surface area contributed by atoms with Crippen molar-refractivity contribution in [2.75, 3.05) is 19.5 Å². The zero-order chi connectivity index (χ0) is 14.5. The van der Waals surface area contributed by atoms with Crippen molar-refractivity contribution >= 4 is 33.2 Å². The average Bonchev–Trinajstić information content (AvgIpc) is 2.45. The first-order valence-electron chi connectivity index (χ1n) is 5.90. The number of aromatic nitrogens is 1. The Labute approximate surface area is 131 Å². The molecule has 6 heteroatoms. The number of anilines is 1. The minimum absolute atomic E-state index is 0.522. The molecule has 1 aromatic carbocycles. The quantitative estimate of drug-likeness (QED) is 0.817. The van der Waals surface area contributed by atoms with E-state index >= 15 is 0 Å². The number of nitrogens with zero attached hydrogens (tertiary/aromatic N) is 1.